The van der Waals surface area contributed by atoms with E-state index in [1.807, 2.05) is 54.6 Å². The molecule has 0 aliphatic carbocycles. The van der Waals surface area contributed by atoms with E-state index in [0.717, 1.165) is 11.1 Å². The molecule has 0 radical (unpaired) electrons. The van der Waals surface area contributed by atoms with Gasteiger partial charge < -0.3 is 0 Å². The second-order valence-corrected chi connectivity index (χ2v) is 5.35. The van der Waals surface area contributed by atoms with Crippen molar-refractivity contribution in [1.29, 1.82) is 0 Å². The zero-order chi connectivity index (χ0) is 13.8. The van der Waals surface area contributed by atoms with Crippen LogP contribution in [0, 0.1) is 0 Å². The number of halogens is 1. The molecule has 0 aliphatic rings. The number of ketones is 1. The fourth-order valence-electron chi connectivity index (χ4n) is 1.97. The molecular weight excluding hydrogens is 256 g/mol. The summed E-state index contributed by atoms with van der Waals surface area (Å²) in [6.45, 7) is 4.22. The molecule has 2 aromatic rings. The van der Waals surface area contributed by atoms with Gasteiger partial charge in [0.15, 0.2) is 5.78 Å². The third kappa shape index (κ3) is 3.24. The van der Waals surface area contributed by atoms with Crippen LogP contribution in [0.5, 0.6) is 0 Å². The van der Waals surface area contributed by atoms with Crippen LogP contribution in [0.1, 0.15) is 46.6 Å². The number of benzene rings is 2. The molecule has 0 saturated carbocycles. The summed E-state index contributed by atoms with van der Waals surface area (Å²) in [5.41, 5.74) is 2.67. The van der Waals surface area contributed by atoms with Crippen LogP contribution in [0.25, 0.3) is 0 Å². The van der Waals surface area contributed by atoms with Gasteiger partial charge in [-0.05, 0) is 23.1 Å². The second kappa shape index (κ2) is 6.03. The van der Waals surface area contributed by atoms with Crippen LogP contribution >= 0.6 is 11.6 Å². The van der Waals surface area contributed by atoms with Crippen molar-refractivity contribution in [2.45, 2.75) is 25.1 Å². The maximum absolute atomic E-state index is 12.4. The van der Waals surface area contributed by atoms with Gasteiger partial charge in [0.2, 0.25) is 0 Å². The van der Waals surface area contributed by atoms with E-state index in [0.29, 0.717) is 11.5 Å². The Morgan fingerprint density at radius 2 is 1.58 bits per heavy atom. The van der Waals surface area contributed by atoms with Gasteiger partial charge >= 0.3 is 0 Å². The van der Waals surface area contributed by atoms with E-state index in [9.17, 15) is 4.79 Å². The number of hydrogen-bond acceptors (Lipinski definition) is 1. The highest BCUT2D eigenvalue weighted by Crippen LogP contribution is 2.26. The van der Waals surface area contributed by atoms with Crippen LogP contribution in [-0.4, -0.2) is 5.78 Å². The minimum atomic E-state index is -0.622. The maximum Gasteiger partial charge on any atom is 0.185 e. The number of hydrogen-bond donors (Lipinski definition) is 0. The molecular formula is C17H17ClO. The lowest BCUT2D eigenvalue weighted by Crippen LogP contribution is -2.08. The van der Waals surface area contributed by atoms with Crippen molar-refractivity contribution in [1.82, 2.24) is 0 Å². The lowest BCUT2D eigenvalue weighted by molar-refractivity contribution is 0.0987. The minimum absolute atomic E-state index is 0.0460. The molecule has 0 spiro atoms. The van der Waals surface area contributed by atoms with E-state index in [1.165, 1.54) is 0 Å². The minimum Gasteiger partial charge on any atom is -0.292 e. The quantitative estimate of drug-likeness (QED) is 0.567. The highest BCUT2D eigenvalue weighted by molar-refractivity contribution is 6.33. The van der Waals surface area contributed by atoms with Crippen molar-refractivity contribution in [2.24, 2.45) is 0 Å². The molecule has 19 heavy (non-hydrogen) atoms. The summed E-state index contributed by atoms with van der Waals surface area (Å²) in [4.78, 5) is 12.4. The van der Waals surface area contributed by atoms with E-state index in [-0.39, 0.29) is 5.78 Å². The van der Waals surface area contributed by atoms with Gasteiger partial charge in [-0.25, -0.2) is 0 Å². The average Bonchev–Trinajstić information content (AvgIpc) is 2.46. The molecule has 98 valence electrons. The first-order valence-corrected chi connectivity index (χ1v) is 6.86. The third-order valence-electron chi connectivity index (χ3n) is 3.16. The number of rotatable bonds is 4. The molecule has 2 heteroatoms. The van der Waals surface area contributed by atoms with E-state index >= 15 is 0 Å². The Bertz CT molecular complexity index is 560. The zero-order valence-corrected chi connectivity index (χ0v) is 11.9. The fourth-order valence-corrected chi connectivity index (χ4v) is 2.24. The molecule has 0 aromatic heterocycles. The highest BCUT2D eigenvalue weighted by Gasteiger charge is 2.19. The Labute approximate surface area is 119 Å². The lowest BCUT2D eigenvalue weighted by atomic mass is 9.97. The topological polar surface area (TPSA) is 17.1 Å². The largest absolute Gasteiger partial charge is 0.292 e. The van der Waals surface area contributed by atoms with Crippen LogP contribution in [0.15, 0.2) is 54.6 Å². The predicted octanol–water partition coefficient (Wildman–Crippen LogP) is 4.97. The van der Waals surface area contributed by atoms with Crippen LogP contribution in [0.4, 0.5) is 0 Å². The molecule has 1 atom stereocenters. The Balaban J connectivity index is 2.27. The molecule has 0 bridgehead atoms. The highest BCUT2D eigenvalue weighted by atomic mass is 35.5. The molecule has 0 heterocycles. The molecule has 0 N–H and O–H groups in total. The molecule has 0 saturated heterocycles. The summed E-state index contributed by atoms with van der Waals surface area (Å²) >= 11 is 6.27. The van der Waals surface area contributed by atoms with Gasteiger partial charge in [-0.15, -0.1) is 11.6 Å². The van der Waals surface area contributed by atoms with Crippen molar-refractivity contribution in [2.75, 3.05) is 0 Å². The Morgan fingerprint density at radius 3 is 2.21 bits per heavy atom. The van der Waals surface area contributed by atoms with Crippen LogP contribution in [-0.2, 0) is 0 Å². The van der Waals surface area contributed by atoms with Crippen LogP contribution < -0.4 is 0 Å². The number of Topliss-reactive ketones (excluding diaryl/α,β-unsaturated/α-hetero) is 1. The summed E-state index contributed by atoms with van der Waals surface area (Å²) in [6, 6.07) is 17.2. The summed E-state index contributed by atoms with van der Waals surface area (Å²) in [6.07, 6.45) is 0. The number of carbonyl (C=O) groups is 1. The average molecular weight is 273 g/mol. The summed E-state index contributed by atoms with van der Waals surface area (Å²) in [5.74, 6) is 0.355. The van der Waals surface area contributed by atoms with Crippen molar-refractivity contribution in [3.8, 4) is 0 Å². The molecule has 0 aliphatic heterocycles. The lowest BCUT2D eigenvalue weighted by Gasteiger charge is -2.11. The van der Waals surface area contributed by atoms with E-state index in [2.05, 4.69) is 13.8 Å². The predicted molar refractivity (Wildman–Crippen MR) is 79.9 cm³/mol. The standard InChI is InChI=1S/C17H17ClO/c1-12(2)14-9-6-10-15(11-14)17(19)16(18)13-7-4-3-5-8-13/h3-12,16H,1-2H3. The van der Waals surface area contributed by atoms with Gasteiger partial charge in [-0.2, -0.15) is 0 Å². The molecule has 0 amide bonds. The summed E-state index contributed by atoms with van der Waals surface area (Å²) < 4.78 is 0. The molecule has 1 unspecified atom stereocenters. The van der Waals surface area contributed by atoms with Gasteiger partial charge in [0.05, 0.1) is 0 Å². The van der Waals surface area contributed by atoms with Crippen molar-refractivity contribution in [3.63, 3.8) is 0 Å². The first-order chi connectivity index (χ1) is 9.09. The van der Waals surface area contributed by atoms with E-state index < -0.39 is 5.38 Å². The van der Waals surface area contributed by atoms with E-state index in [4.69, 9.17) is 11.6 Å². The normalized spacial score (nSPS) is 12.4. The summed E-state index contributed by atoms with van der Waals surface area (Å²) in [7, 11) is 0. The molecule has 2 aromatic carbocycles. The van der Waals surface area contributed by atoms with Crippen molar-refractivity contribution >= 4 is 17.4 Å². The molecule has 2 rings (SSSR count). The van der Waals surface area contributed by atoms with Crippen LogP contribution in [0.3, 0.4) is 0 Å². The third-order valence-corrected chi connectivity index (χ3v) is 3.61. The monoisotopic (exact) mass is 272 g/mol. The van der Waals surface area contributed by atoms with Gasteiger partial charge in [-0.3, -0.25) is 4.79 Å². The van der Waals surface area contributed by atoms with Gasteiger partial charge in [0.25, 0.3) is 0 Å². The second-order valence-electron chi connectivity index (χ2n) is 4.92. The first-order valence-electron chi connectivity index (χ1n) is 6.43. The number of alkyl halides is 1. The van der Waals surface area contributed by atoms with Crippen LogP contribution in [0.2, 0.25) is 0 Å². The summed E-state index contributed by atoms with van der Waals surface area (Å²) in [5, 5.41) is -0.622. The SMILES string of the molecule is CC(C)c1cccc(C(=O)C(Cl)c2ccccc2)c1. The van der Waals surface area contributed by atoms with Crippen molar-refractivity contribution in [3.05, 3.63) is 71.3 Å². The smallest absolute Gasteiger partial charge is 0.185 e. The Hall–Kier alpha value is -1.60. The van der Waals surface area contributed by atoms with E-state index in [1.54, 1.807) is 0 Å². The Morgan fingerprint density at radius 1 is 0.947 bits per heavy atom. The number of carbonyl (C=O) groups excluding carboxylic acids is 1. The van der Waals surface area contributed by atoms with Gasteiger partial charge in [0.1, 0.15) is 5.38 Å². The zero-order valence-electron chi connectivity index (χ0n) is 11.1. The fraction of sp³-hybridized carbons (Fsp3) is 0.235. The molecule has 1 nitrogen and oxygen atoms in total. The van der Waals surface area contributed by atoms with Crippen molar-refractivity contribution < 1.29 is 4.79 Å². The maximum atomic E-state index is 12.4. The van der Waals surface area contributed by atoms with Gasteiger partial charge in [-0.1, -0.05) is 62.4 Å². The molecule has 0 fully saturated rings. The first kappa shape index (κ1) is 13.8. The Kier molecular flexibility index (Phi) is 4.39. The van der Waals surface area contributed by atoms with Gasteiger partial charge in [0, 0.05) is 5.56 Å².